The van der Waals surface area contributed by atoms with Gasteiger partial charge in [-0.15, -0.1) is 0 Å². The van der Waals surface area contributed by atoms with Crippen molar-refractivity contribution >= 4 is 5.91 Å². The van der Waals surface area contributed by atoms with E-state index in [0.717, 1.165) is 25.7 Å². The Morgan fingerprint density at radius 2 is 2.05 bits per heavy atom. The molecule has 4 N–H and O–H groups in total. The van der Waals surface area contributed by atoms with Crippen molar-refractivity contribution in [1.29, 1.82) is 0 Å². The second-order valence-electron chi connectivity index (χ2n) is 4.56. The highest BCUT2D eigenvalue weighted by Gasteiger charge is 2.18. The van der Waals surface area contributed by atoms with Gasteiger partial charge in [-0.05, 0) is 30.8 Å². The number of halogens is 1. The molecule has 0 heterocycles. The van der Waals surface area contributed by atoms with E-state index in [9.17, 15) is 14.3 Å². The fourth-order valence-corrected chi connectivity index (χ4v) is 2.05. The highest BCUT2D eigenvalue weighted by Crippen LogP contribution is 2.20. The first-order valence-electron chi connectivity index (χ1n) is 6.72. The number of hydrogen-bond donors (Lipinski definition) is 3. The second kappa shape index (κ2) is 7.81. The molecule has 0 saturated carbocycles. The minimum absolute atomic E-state index is 0.225. The zero-order valence-electron chi connectivity index (χ0n) is 11.9. The normalized spacial score (nSPS) is 12.6. The fraction of sp³-hybridized carbons (Fsp3) is 0.500. The number of nitrogens with two attached hydrogens (primary N) is 1. The van der Waals surface area contributed by atoms with Crippen LogP contribution in [0.15, 0.2) is 18.2 Å². The van der Waals surface area contributed by atoms with Gasteiger partial charge in [-0.1, -0.05) is 13.8 Å². The number of hydrogen-bond acceptors (Lipinski definition) is 4. The summed E-state index contributed by atoms with van der Waals surface area (Å²) in [6.07, 6.45) is 0. The zero-order valence-corrected chi connectivity index (χ0v) is 11.9. The largest absolute Gasteiger partial charge is 0.508 e. The maximum Gasteiger partial charge on any atom is 0.239 e. The van der Waals surface area contributed by atoms with Crippen molar-refractivity contribution < 1.29 is 14.3 Å². The van der Waals surface area contributed by atoms with E-state index in [0.29, 0.717) is 12.1 Å². The SMILES string of the molecule is CCN(CC)CCNC(C(N)=O)c1cc(O)cc(F)c1. The van der Waals surface area contributed by atoms with E-state index in [1.54, 1.807) is 0 Å². The van der Waals surface area contributed by atoms with E-state index >= 15 is 0 Å². The van der Waals surface area contributed by atoms with E-state index in [1.165, 1.54) is 12.1 Å². The molecule has 0 aromatic heterocycles. The molecule has 1 aromatic carbocycles. The summed E-state index contributed by atoms with van der Waals surface area (Å²) in [6, 6.07) is 2.70. The summed E-state index contributed by atoms with van der Waals surface area (Å²) < 4.78 is 13.3. The second-order valence-corrected chi connectivity index (χ2v) is 4.56. The highest BCUT2D eigenvalue weighted by atomic mass is 19.1. The minimum atomic E-state index is -0.813. The lowest BCUT2D eigenvalue weighted by molar-refractivity contribution is -0.120. The van der Waals surface area contributed by atoms with E-state index in [-0.39, 0.29) is 5.75 Å². The number of likely N-dealkylation sites (N-methyl/N-ethyl adjacent to an activating group) is 1. The van der Waals surface area contributed by atoms with Gasteiger partial charge in [-0.2, -0.15) is 0 Å². The Kier molecular flexibility index (Phi) is 6.41. The number of amides is 1. The molecule has 6 heteroatoms. The lowest BCUT2D eigenvalue weighted by Crippen LogP contribution is -2.38. The lowest BCUT2D eigenvalue weighted by atomic mass is 10.1. The van der Waals surface area contributed by atoms with Gasteiger partial charge >= 0.3 is 0 Å². The van der Waals surface area contributed by atoms with E-state index in [4.69, 9.17) is 5.73 Å². The van der Waals surface area contributed by atoms with Crippen LogP contribution < -0.4 is 11.1 Å². The number of phenols is 1. The molecule has 5 nitrogen and oxygen atoms in total. The van der Waals surface area contributed by atoms with Gasteiger partial charge in [0.1, 0.15) is 17.6 Å². The van der Waals surface area contributed by atoms with E-state index in [1.807, 2.05) is 0 Å². The van der Waals surface area contributed by atoms with Crippen LogP contribution in [0.25, 0.3) is 0 Å². The van der Waals surface area contributed by atoms with Gasteiger partial charge in [0, 0.05) is 19.2 Å². The molecular weight excluding hydrogens is 261 g/mol. The Morgan fingerprint density at radius 1 is 1.40 bits per heavy atom. The van der Waals surface area contributed by atoms with Crippen LogP contribution in [0.5, 0.6) is 5.75 Å². The molecule has 1 aromatic rings. The van der Waals surface area contributed by atoms with Gasteiger partial charge in [-0.25, -0.2) is 4.39 Å². The van der Waals surface area contributed by atoms with Gasteiger partial charge in [0.2, 0.25) is 5.91 Å². The smallest absolute Gasteiger partial charge is 0.239 e. The van der Waals surface area contributed by atoms with E-state index < -0.39 is 17.8 Å². The summed E-state index contributed by atoms with van der Waals surface area (Å²) >= 11 is 0. The van der Waals surface area contributed by atoms with Crippen molar-refractivity contribution in [2.75, 3.05) is 26.2 Å². The molecule has 20 heavy (non-hydrogen) atoms. The topological polar surface area (TPSA) is 78.6 Å². The summed E-state index contributed by atoms with van der Waals surface area (Å²) in [5.74, 6) is -1.43. The number of nitrogens with zero attached hydrogens (tertiary/aromatic N) is 1. The Hall–Kier alpha value is -1.66. The zero-order chi connectivity index (χ0) is 15.1. The predicted octanol–water partition coefficient (Wildman–Crippen LogP) is 0.989. The van der Waals surface area contributed by atoms with Crippen LogP contribution in [-0.2, 0) is 4.79 Å². The third kappa shape index (κ3) is 4.79. The average Bonchev–Trinajstić information content (AvgIpc) is 2.37. The first kappa shape index (κ1) is 16.4. The van der Waals surface area contributed by atoms with Crippen LogP contribution in [-0.4, -0.2) is 42.1 Å². The van der Waals surface area contributed by atoms with Crippen LogP contribution in [0.4, 0.5) is 4.39 Å². The van der Waals surface area contributed by atoms with Gasteiger partial charge in [0.15, 0.2) is 0 Å². The number of carbonyl (C=O) groups excluding carboxylic acids is 1. The third-order valence-electron chi connectivity index (χ3n) is 3.19. The Balaban J connectivity index is 2.72. The monoisotopic (exact) mass is 283 g/mol. The van der Waals surface area contributed by atoms with Crippen molar-refractivity contribution in [2.45, 2.75) is 19.9 Å². The van der Waals surface area contributed by atoms with Crippen molar-refractivity contribution in [3.8, 4) is 5.75 Å². The van der Waals surface area contributed by atoms with Gasteiger partial charge in [0.25, 0.3) is 0 Å². The Bertz CT molecular complexity index is 430. The summed E-state index contributed by atoms with van der Waals surface area (Å²) in [6.45, 7) is 7.25. The van der Waals surface area contributed by atoms with Crippen LogP contribution in [0.1, 0.15) is 25.5 Å². The van der Waals surface area contributed by atoms with Crippen LogP contribution >= 0.6 is 0 Å². The molecule has 0 bridgehead atoms. The first-order valence-corrected chi connectivity index (χ1v) is 6.72. The molecule has 1 atom stereocenters. The van der Waals surface area contributed by atoms with Crippen molar-refractivity contribution in [1.82, 2.24) is 10.2 Å². The van der Waals surface area contributed by atoms with Gasteiger partial charge in [0.05, 0.1) is 0 Å². The standard InChI is InChI=1S/C14H22FN3O2/c1-3-18(4-2)6-5-17-13(14(16)20)10-7-11(15)9-12(19)8-10/h7-9,13,17,19H,3-6H2,1-2H3,(H2,16,20). The van der Waals surface area contributed by atoms with Crippen LogP contribution in [0.3, 0.4) is 0 Å². The van der Waals surface area contributed by atoms with Crippen LogP contribution in [0.2, 0.25) is 0 Å². The molecule has 112 valence electrons. The molecule has 0 radical (unpaired) electrons. The molecule has 0 spiro atoms. The fourth-order valence-electron chi connectivity index (χ4n) is 2.05. The number of phenolic OH excluding ortho intramolecular Hbond substituents is 1. The molecule has 1 unspecified atom stereocenters. The predicted molar refractivity (Wildman–Crippen MR) is 75.8 cm³/mol. The average molecular weight is 283 g/mol. The molecule has 0 saturated heterocycles. The molecule has 0 aliphatic rings. The Morgan fingerprint density at radius 3 is 2.55 bits per heavy atom. The van der Waals surface area contributed by atoms with E-state index in [2.05, 4.69) is 24.1 Å². The molecule has 0 aliphatic carbocycles. The third-order valence-corrected chi connectivity index (χ3v) is 3.19. The molecule has 1 amide bonds. The molecule has 0 aliphatic heterocycles. The van der Waals surface area contributed by atoms with Crippen LogP contribution in [0, 0.1) is 5.82 Å². The van der Waals surface area contributed by atoms with Crippen molar-refractivity contribution in [3.05, 3.63) is 29.6 Å². The summed E-state index contributed by atoms with van der Waals surface area (Å²) in [5.41, 5.74) is 5.66. The maximum atomic E-state index is 13.3. The maximum absolute atomic E-state index is 13.3. The van der Waals surface area contributed by atoms with Crippen molar-refractivity contribution in [3.63, 3.8) is 0 Å². The lowest BCUT2D eigenvalue weighted by Gasteiger charge is -2.21. The number of nitrogens with one attached hydrogen (secondary N) is 1. The number of benzene rings is 1. The van der Waals surface area contributed by atoms with Gasteiger partial charge in [-0.3, -0.25) is 4.79 Å². The minimum Gasteiger partial charge on any atom is -0.508 e. The highest BCUT2D eigenvalue weighted by molar-refractivity contribution is 5.81. The molecule has 0 fully saturated rings. The number of carbonyl (C=O) groups is 1. The summed E-state index contributed by atoms with van der Waals surface area (Å²) in [4.78, 5) is 13.7. The van der Waals surface area contributed by atoms with Gasteiger partial charge < -0.3 is 21.1 Å². The quantitative estimate of drug-likeness (QED) is 0.665. The number of aromatic hydroxyl groups is 1. The summed E-state index contributed by atoms with van der Waals surface area (Å²) in [5, 5.41) is 12.4. The number of primary amides is 1. The summed E-state index contributed by atoms with van der Waals surface area (Å²) in [7, 11) is 0. The molecular formula is C14H22FN3O2. The number of rotatable bonds is 8. The molecule has 1 rings (SSSR count). The first-order chi connectivity index (χ1) is 9.47. The van der Waals surface area contributed by atoms with Crippen molar-refractivity contribution in [2.24, 2.45) is 5.73 Å². The Labute approximate surface area is 118 Å².